The van der Waals surface area contributed by atoms with Gasteiger partial charge in [0.1, 0.15) is 0 Å². The molecule has 100 valence electrons. The van der Waals surface area contributed by atoms with E-state index < -0.39 is 4.92 Å². The Morgan fingerprint density at radius 1 is 1.56 bits per heavy atom. The first kappa shape index (κ1) is 12.8. The summed E-state index contributed by atoms with van der Waals surface area (Å²) in [6, 6.07) is 0.0813. The SMILES string of the molecule is CN1CCN(c2c([N+](=O)[O-])ncn2C)C(CN)C1. The maximum Gasteiger partial charge on any atom is 0.406 e. The predicted molar refractivity (Wildman–Crippen MR) is 67.5 cm³/mol. The highest BCUT2D eigenvalue weighted by Gasteiger charge is 2.32. The van der Waals surface area contributed by atoms with Gasteiger partial charge in [0.15, 0.2) is 0 Å². The largest absolute Gasteiger partial charge is 0.406 e. The zero-order chi connectivity index (χ0) is 13.3. The number of imidazole rings is 1. The molecule has 0 saturated carbocycles. The zero-order valence-corrected chi connectivity index (χ0v) is 10.6. The van der Waals surface area contributed by atoms with E-state index >= 15 is 0 Å². The van der Waals surface area contributed by atoms with Crippen molar-refractivity contribution < 1.29 is 4.92 Å². The number of rotatable bonds is 3. The van der Waals surface area contributed by atoms with Gasteiger partial charge in [-0.25, -0.2) is 0 Å². The summed E-state index contributed by atoms with van der Waals surface area (Å²) in [5.41, 5.74) is 5.77. The molecule has 1 saturated heterocycles. The van der Waals surface area contributed by atoms with Crippen molar-refractivity contribution in [1.29, 1.82) is 0 Å². The highest BCUT2D eigenvalue weighted by atomic mass is 16.6. The number of nitrogens with zero attached hydrogens (tertiary/aromatic N) is 5. The quantitative estimate of drug-likeness (QED) is 0.572. The van der Waals surface area contributed by atoms with E-state index in [2.05, 4.69) is 9.88 Å². The number of aromatic nitrogens is 2. The summed E-state index contributed by atoms with van der Waals surface area (Å²) in [6.07, 6.45) is 1.47. The Labute approximate surface area is 105 Å². The second kappa shape index (κ2) is 4.91. The van der Waals surface area contributed by atoms with E-state index in [-0.39, 0.29) is 11.9 Å². The molecule has 0 aromatic carbocycles. The Morgan fingerprint density at radius 2 is 2.28 bits per heavy atom. The van der Waals surface area contributed by atoms with Crippen LogP contribution >= 0.6 is 0 Å². The minimum atomic E-state index is -0.443. The molecule has 8 nitrogen and oxygen atoms in total. The van der Waals surface area contributed by atoms with Crippen LogP contribution in [-0.4, -0.2) is 58.6 Å². The van der Waals surface area contributed by atoms with E-state index in [0.717, 1.165) is 19.6 Å². The van der Waals surface area contributed by atoms with Gasteiger partial charge in [-0.1, -0.05) is 0 Å². The van der Waals surface area contributed by atoms with Crippen LogP contribution in [0.1, 0.15) is 0 Å². The molecule has 1 unspecified atom stereocenters. The first-order valence-electron chi connectivity index (χ1n) is 5.85. The van der Waals surface area contributed by atoms with Crippen molar-refractivity contribution in [2.75, 3.05) is 38.1 Å². The van der Waals surface area contributed by atoms with E-state index in [1.807, 2.05) is 11.9 Å². The van der Waals surface area contributed by atoms with E-state index in [1.165, 1.54) is 6.33 Å². The third-order valence-electron chi connectivity index (χ3n) is 3.29. The van der Waals surface area contributed by atoms with Gasteiger partial charge in [-0.05, 0) is 17.0 Å². The number of anilines is 1. The number of nitrogens with two attached hydrogens (primary N) is 1. The van der Waals surface area contributed by atoms with Crippen LogP contribution in [0.4, 0.5) is 11.6 Å². The fourth-order valence-corrected chi connectivity index (χ4v) is 2.36. The fraction of sp³-hybridized carbons (Fsp3) is 0.700. The standard InChI is InChI=1S/C10H18N6O2/c1-13-3-4-15(8(5-11)6-13)10-9(16(17)18)12-7-14(10)2/h7-8H,3-6,11H2,1-2H3. The predicted octanol–water partition coefficient (Wildman–Crippen LogP) is -0.593. The van der Waals surface area contributed by atoms with Crippen molar-refractivity contribution in [3.8, 4) is 0 Å². The molecular weight excluding hydrogens is 236 g/mol. The van der Waals surface area contributed by atoms with E-state index in [4.69, 9.17) is 5.73 Å². The van der Waals surface area contributed by atoms with E-state index in [9.17, 15) is 10.1 Å². The van der Waals surface area contributed by atoms with Crippen LogP contribution < -0.4 is 10.6 Å². The average Bonchev–Trinajstić information content (AvgIpc) is 2.71. The lowest BCUT2D eigenvalue weighted by molar-refractivity contribution is -0.388. The Balaban J connectivity index is 2.35. The van der Waals surface area contributed by atoms with Gasteiger partial charge in [0.05, 0.1) is 6.04 Å². The van der Waals surface area contributed by atoms with Crippen molar-refractivity contribution in [2.45, 2.75) is 6.04 Å². The topological polar surface area (TPSA) is 93.5 Å². The summed E-state index contributed by atoms with van der Waals surface area (Å²) in [5, 5.41) is 11.0. The summed E-state index contributed by atoms with van der Waals surface area (Å²) >= 11 is 0. The van der Waals surface area contributed by atoms with Crippen LogP contribution in [0.3, 0.4) is 0 Å². The maximum atomic E-state index is 11.0. The lowest BCUT2D eigenvalue weighted by atomic mass is 10.1. The van der Waals surface area contributed by atoms with Crippen LogP contribution in [-0.2, 0) is 7.05 Å². The second-order valence-electron chi connectivity index (χ2n) is 4.60. The molecular formula is C10H18N6O2. The first-order chi connectivity index (χ1) is 8.54. The molecule has 18 heavy (non-hydrogen) atoms. The molecule has 2 N–H and O–H groups in total. The van der Waals surface area contributed by atoms with E-state index in [1.54, 1.807) is 11.6 Å². The van der Waals surface area contributed by atoms with Gasteiger partial charge < -0.3 is 25.6 Å². The third-order valence-corrected chi connectivity index (χ3v) is 3.29. The number of piperazine rings is 1. The van der Waals surface area contributed by atoms with Crippen molar-refractivity contribution in [3.63, 3.8) is 0 Å². The van der Waals surface area contributed by atoms with Gasteiger partial charge in [0.25, 0.3) is 0 Å². The molecule has 0 bridgehead atoms. The average molecular weight is 254 g/mol. The summed E-state index contributed by atoms with van der Waals surface area (Å²) in [5.74, 6) is 0.448. The Kier molecular flexibility index (Phi) is 3.48. The number of hydrogen-bond donors (Lipinski definition) is 1. The summed E-state index contributed by atoms with van der Waals surface area (Å²) in [6.45, 7) is 2.85. The molecule has 1 aliphatic heterocycles. The molecule has 0 spiro atoms. The molecule has 8 heteroatoms. The van der Waals surface area contributed by atoms with Crippen molar-refractivity contribution in [2.24, 2.45) is 12.8 Å². The first-order valence-corrected chi connectivity index (χ1v) is 5.85. The molecule has 0 radical (unpaired) electrons. The Hall–Kier alpha value is -1.67. The monoisotopic (exact) mass is 254 g/mol. The molecule has 1 atom stereocenters. The Morgan fingerprint density at radius 3 is 2.89 bits per heavy atom. The lowest BCUT2D eigenvalue weighted by Crippen LogP contribution is -2.55. The Bertz CT molecular complexity index is 446. The van der Waals surface area contributed by atoms with E-state index in [0.29, 0.717) is 12.4 Å². The molecule has 1 aromatic heterocycles. The maximum absolute atomic E-state index is 11.0. The van der Waals surface area contributed by atoms with Gasteiger partial charge in [-0.3, -0.25) is 4.57 Å². The third kappa shape index (κ3) is 2.16. The molecule has 2 rings (SSSR count). The zero-order valence-electron chi connectivity index (χ0n) is 10.6. The molecule has 0 aliphatic carbocycles. The fourth-order valence-electron chi connectivity index (χ4n) is 2.36. The normalized spacial score (nSPS) is 21.3. The van der Waals surface area contributed by atoms with Crippen LogP contribution in [0, 0.1) is 10.1 Å². The van der Waals surface area contributed by atoms with Crippen molar-refractivity contribution in [1.82, 2.24) is 14.5 Å². The van der Waals surface area contributed by atoms with Gasteiger partial charge in [-0.15, -0.1) is 0 Å². The van der Waals surface area contributed by atoms with Crippen LogP contribution in [0.5, 0.6) is 0 Å². The summed E-state index contributed by atoms with van der Waals surface area (Å²) in [4.78, 5) is 18.6. The van der Waals surface area contributed by atoms with Crippen LogP contribution in [0.25, 0.3) is 0 Å². The summed E-state index contributed by atoms with van der Waals surface area (Å²) < 4.78 is 1.69. The number of nitro groups is 1. The number of likely N-dealkylation sites (N-methyl/N-ethyl adjacent to an activating group) is 1. The molecule has 1 fully saturated rings. The second-order valence-corrected chi connectivity index (χ2v) is 4.60. The highest BCUT2D eigenvalue weighted by Crippen LogP contribution is 2.28. The minimum Gasteiger partial charge on any atom is -0.358 e. The molecule has 2 heterocycles. The number of hydrogen-bond acceptors (Lipinski definition) is 6. The smallest absolute Gasteiger partial charge is 0.358 e. The van der Waals surface area contributed by atoms with Crippen LogP contribution in [0.15, 0.2) is 6.33 Å². The molecule has 0 amide bonds. The van der Waals surface area contributed by atoms with Crippen molar-refractivity contribution >= 4 is 11.6 Å². The molecule has 1 aliphatic rings. The summed E-state index contributed by atoms with van der Waals surface area (Å²) in [7, 11) is 3.79. The van der Waals surface area contributed by atoms with Gasteiger partial charge in [0.2, 0.25) is 12.1 Å². The lowest BCUT2D eigenvalue weighted by Gasteiger charge is -2.40. The van der Waals surface area contributed by atoms with Crippen molar-refractivity contribution in [3.05, 3.63) is 16.4 Å². The molecule has 1 aromatic rings. The highest BCUT2D eigenvalue weighted by molar-refractivity contribution is 5.56. The minimum absolute atomic E-state index is 0.0813. The van der Waals surface area contributed by atoms with Gasteiger partial charge in [-0.2, -0.15) is 0 Å². The van der Waals surface area contributed by atoms with Gasteiger partial charge in [0, 0.05) is 33.2 Å². The van der Waals surface area contributed by atoms with Crippen LogP contribution in [0.2, 0.25) is 0 Å². The number of aryl methyl sites for hydroxylation is 1. The van der Waals surface area contributed by atoms with Gasteiger partial charge >= 0.3 is 5.82 Å².